The molecule has 6 heteroatoms. The Labute approximate surface area is 92.6 Å². The number of hydrogen-bond acceptors (Lipinski definition) is 4. The molecule has 1 unspecified atom stereocenters. The van der Waals surface area contributed by atoms with E-state index < -0.39 is 0 Å². The van der Waals surface area contributed by atoms with Gasteiger partial charge >= 0.3 is 0 Å². The highest BCUT2D eigenvalue weighted by Gasteiger charge is 2.16. The number of ether oxygens (including phenoxy) is 2. The van der Waals surface area contributed by atoms with Crippen LogP contribution < -0.4 is 0 Å². The maximum atomic E-state index is 9.10. The highest BCUT2D eigenvalue weighted by molar-refractivity contribution is 7.71. The summed E-state index contributed by atoms with van der Waals surface area (Å²) >= 11 is 5.11. The summed E-state index contributed by atoms with van der Waals surface area (Å²) in [5.74, 6) is 0. The van der Waals surface area contributed by atoms with E-state index in [1.807, 2.05) is 4.57 Å². The number of rotatable bonds is 3. The molecule has 1 aromatic rings. The molecule has 0 amide bonds. The first-order valence-electron chi connectivity index (χ1n) is 4.88. The summed E-state index contributed by atoms with van der Waals surface area (Å²) < 4.78 is 13.3. The smallest absolute Gasteiger partial charge is 0.177 e. The fourth-order valence-electron chi connectivity index (χ4n) is 1.61. The first-order chi connectivity index (χ1) is 7.31. The first kappa shape index (κ1) is 10.8. The molecule has 0 aromatic carbocycles. The zero-order valence-corrected chi connectivity index (χ0v) is 9.13. The van der Waals surface area contributed by atoms with Gasteiger partial charge in [-0.05, 0) is 12.2 Å². The Morgan fingerprint density at radius 3 is 3.13 bits per heavy atom. The number of aliphatic hydroxyl groups is 1. The minimum Gasteiger partial charge on any atom is -0.390 e. The van der Waals surface area contributed by atoms with Crippen molar-refractivity contribution < 1.29 is 14.6 Å². The Morgan fingerprint density at radius 1 is 1.60 bits per heavy atom. The molecule has 84 valence electrons. The van der Waals surface area contributed by atoms with Crippen LogP contribution in [0.4, 0.5) is 0 Å². The lowest BCUT2D eigenvalue weighted by atomic mass is 10.3. The van der Waals surface area contributed by atoms with Gasteiger partial charge in [0, 0.05) is 6.20 Å². The molecule has 15 heavy (non-hydrogen) atoms. The lowest BCUT2D eigenvalue weighted by molar-refractivity contribution is -0.0940. The van der Waals surface area contributed by atoms with E-state index in [9.17, 15) is 0 Å². The van der Waals surface area contributed by atoms with Crippen LogP contribution in [0.2, 0.25) is 0 Å². The highest BCUT2D eigenvalue weighted by Crippen LogP contribution is 2.08. The maximum Gasteiger partial charge on any atom is 0.177 e. The fourth-order valence-corrected chi connectivity index (χ4v) is 1.86. The van der Waals surface area contributed by atoms with E-state index in [0.717, 1.165) is 5.69 Å². The highest BCUT2D eigenvalue weighted by atomic mass is 32.1. The summed E-state index contributed by atoms with van der Waals surface area (Å²) in [7, 11) is 0. The summed E-state index contributed by atoms with van der Waals surface area (Å²) in [5.41, 5.74) is 0.772. The summed E-state index contributed by atoms with van der Waals surface area (Å²) in [6.45, 7) is 2.45. The Morgan fingerprint density at radius 2 is 2.47 bits per heavy atom. The van der Waals surface area contributed by atoms with E-state index in [-0.39, 0.29) is 12.7 Å². The minimum atomic E-state index is -0.0271. The van der Waals surface area contributed by atoms with Gasteiger partial charge in [0.15, 0.2) is 4.77 Å². The standard InChI is InChI=1S/C9H14N2O3S/c12-5-7-3-10-9(15)11(7)4-8-6-13-1-2-14-8/h3,8,12H,1-2,4-6H2,(H,10,15). The molecule has 2 heterocycles. The fraction of sp³-hybridized carbons (Fsp3) is 0.667. The van der Waals surface area contributed by atoms with Gasteiger partial charge in [-0.25, -0.2) is 0 Å². The van der Waals surface area contributed by atoms with Crippen molar-refractivity contribution in [3.63, 3.8) is 0 Å². The number of imidazole rings is 1. The number of aromatic amines is 1. The SMILES string of the molecule is OCc1c[nH]c(=S)n1CC1COCCO1. The molecule has 1 fully saturated rings. The summed E-state index contributed by atoms with van der Waals surface area (Å²) in [5, 5.41) is 9.10. The predicted octanol–water partition coefficient (Wildman–Crippen LogP) is 0.453. The molecule has 2 N–H and O–H groups in total. The van der Waals surface area contributed by atoms with Crippen LogP contribution in [0.5, 0.6) is 0 Å². The van der Waals surface area contributed by atoms with Gasteiger partial charge < -0.3 is 24.1 Å². The first-order valence-corrected chi connectivity index (χ1v) is 5.29. The van der Waals surface area contributed by atoms with Gasteiger partial charge in [0.05, 0.1) is 44.8 Å². The van der Waals surface area contributed by atoms with Crippen LogP contribution >= 0.6 is 12.2 Å². The van der Waals surface area contributed by atoms with Crippen molar-refractivity contribution in [1.29, 1.82) is 0 Å². The van der Waals surface area contributed by atoms with Crippen LogP contribution in [-0.2, 0) is 22.6 Å². The summed E-state index contributed by atoms with van der Waals surface area (Å²) in [6, 6.07) is 0. The van der Waals surface area contributed by atoms with Crippen LogP contribution in [0, 0.1) is 4.77 Å². The normalized spacial score (nSPS) is 21.8. The van der Waals surface area contributed by atoms with E-state index in [1.54, 1.807) is 6.20 Å². The molecule has 1 atom stereocenters. The van der Waals surface area contributed by atoms with E-state index in [0.29, 0.717) is 31.1 Å². The number of H-pyrrole nitrogens is 1. The van der Waals surface area contributed by atoms with Gasteiger partial charge in [-0.15, -0.1) is 0 Å². The summed E-state index contributed by atoms with van der Waals surface area (Å²) in [6.07, 6.45) is 1.73. The van der Waals surface area contributed by atoms with Crippen molar-refractivity contribution in [2.75, 3.05) is 19.8 Å². The van der Waals surface area contributed by atoms with Crippen molar-refractivity contribution >= 4 is 12.2 Å². The minimum absolute atomic E-state index is 0.0200. The molecule has 1 saturated heterocycles. The van der Waals surface area contributed by atoms with Gasteiger partial charge in [-0.2, -0.15) is 0 Å². The average Bonchev–Trinajstić information content (AvgIpc) is 2.62. The van der Waals surface area contributed by atoms with E-state index in [4.69, 9.17) is 26.8 Å². The maximum absolute atomic E-state index is 9.10. The van der Waals surface area contributed by atoms with Crippen LogP contribution in [0.25, 0.3) is 0 Å². The molecule has 2 rings (SSSR count). The second kappa shape index (κ2) is 4.89. The Kier molecular flexibility index (Phi) is 3.53. The van der Waals surface area contributed by atoms with Crippen molar-refractivity contribution in [2.45, 2.75) is 19.3 Å². The number of aliphatic hydroxyl groups excluding tert-OH is 1. The molecule has 0 aliphatic carbocycles. The number of nitrogens with zero attached hydrogens (tertiary/aromatic N) is 1. The second-order valence-electron chi connectivity index (χ2n) is 3.42. The van der Waals surface area contributed by atoms with Crippen molar-refractivity contribution in [3.05, 3.63) is 16.7 Å². The topological polar surface area (TPSA) is 59.4 Å². The third-order valence-electron chi connectivity index (χ3n) is 2.39. The Bertz CT molecular complexity index is 368. The van der Waals surface area contributed by atoms with Gasteiger partial charge in [0.2, 0.25) is 0 Å². The van der Waals surface area contributed by atoms with Crippen LogP contribution in [0.15, 0.2) is 6.20 Å². The third kappa shape index (κ3) is 2.46. The number of hydrogen-bond donors (Lipinski definition) is 2. The predicted molar refractivity (Wildman–Crippen MR) is 56.1 cm³/mol. The number of aromatic nitrogens is 2. The molecular weight excluding hydrogens is 216 g/mol. The van der Waals surface area contributed by atoms with Crippen LogP contribution in [0.1, 0.15) is 5.69 Å². The van der Waals surface area contributed by atoms with Gasteiger partial charge in [-0.3, -0.25) is 0 Å². The molecule has 0 spiro atoms. The largest absolute Gasteiger partial charge is 0.390 e. The van der Waals surface area contributed by atoms with E-state index in [2.05, 4.69) is 4.98 Å². The quantitative estimate of drug-likeness (QED) is 0.740. The molecule has 0 radical (unpaired) electrons. The van der Waals surface area contributed by atoms with Crippen LogP contribution in [-0.4, -0.2) is 40.6 Å². The van der Waals surface area contributed by atoms with Crippen molar-refractivity contribution in [1.82, 2.24) is 9.55 Å². The molecule has 1 aliphatic heterocycles. The van der Waals surface area contributed by atoms with Gasteiger partial charge in [-0.1, -0.05) is 0 Å². The average molecular weight is 230 g/mol. The molecule has 1 aliphatic rings. The monoisotopic (exact) mass is 230 g/mol. The van der Waals surface area contributed by atoms with Crippen molar-refractivity contribution in [3.8, 4) is 0 Å². The van der Waals surface area contributed by atoms with Crippen molar-refractivity contribution in [2.24, 2.45) is 0 Å². The Hall–Kier alpha value is -0.690. The lowest BCUT2D eigenvalue weighted by Gasteiger charge is -2.23. The van der Waals surface area contributed by atoms with Gasteiger partial charge in [0.1, 0.15) is 0 Å². The van der Waals surface area contributed by atoms with Crippen LogP contribution in [0.3, 0.4) is 0 Å². The lowest BCUT2D eigenvalue weighted by Crippen LogP contribution is -2.32. The zero-order chi connectivity index (χ0) is 10.7. The molecular formula is C9H14N2O3S. The van der Waals surface area contributed by atoms with E-state index >= 15 is 0 Å². The number of nitrogens with one attached hydrogen (secondary N) is 1. The summed E-state index contributed by atoms with van der Waals surface area (Å²) in [4.78, 5) is 2.90. The third-order valence-corrected chi connectivity index (χ3v) is 2.73. The molecule has 5 nitrogen and oxygen atoms in total. The molecule has 1 aromatic heterocycles. The van der Waals surface area contributed by atoms with Gasteiger partial charge in [0.25, 0.3) is 0 Å². The zero-order valence-electron chi connectivity index (χ0n) is 8.31. The Balaban J connectivity index is 2.08. The van der Waals surface area contributed by atoms with E-state index in [1.165, 1.54) is 0 Å². The second-order valence-corrected chi connectivity index (χ2v) is 3.81. The molecule has 0 saturated carbocycles. The molecule has 0 bridgehead atoms.